The molecule has 0 saturated carbocycles. The molecule has 0 saturated heterocycles. The SMILES string of the molecule is CCC(CC)c1nnc(NC(=O)C(C)S(=O)(=O)c2ccc(F)cc2)s1. The Balaban J connectivity index is 2.13. The van der Waals surface area contributed by atoms with Gasteiger partial charge in [0.25, 0.3) is 0 Å². The summed E-state index contributed by atoms with van der Waals surface area (Å²) in [6, 6.07) is 4.38. The summed E-state index contributed by atoms with van der Waals surface area (Å²) in [6.07, 6.45) is 1.82. The molecule has 0 fully saturated rings. The van der Waals surface area contributed by atoms with E-state index in [9.17, 15) is 17.6 Å². The minimum absolute atomic E-state index is 0.105. The zero-order chi connectivity index (χ0) is 18.6. The number of aromatic nitrogens is 2. The Morgan fingerprint density at radius 2 is 1.80 bits per heavy atom. The summed E-state index contributed by atoms with van der Waals surface area (Å²) in [5.74, 6) is -0.973. The second kappa shape index (κ2) is 8.01. The molecular weight excluding hydrogens is 365 g/mol. The van der Waals surface area contributed by atoms with Crippen LogP contribution in [0.5, 0.6) is 0 Å². The van der Waals surface area contributed by atoms with Gasteiger partial charge in [-0.2, -0.15) is 0 Å². The van der Waals surface area contributed by atoms with Crippen molar-refractivity contribution in [2.75, 3.05) is 5.32 Å². The molecular formula is C16H20FN3O3S2. The molecule has 1 heterocycles. The molecule has 0 radical (unpaired) electrons. The van der Waals surface area contributed by atoms with Crippen LogP contribution < -0.4 is 5.32 Å². The van der Waals surface area contributed by atoms with Crippen molar-refractivity contribution in [3.05, 3.63) is 35.1 Å². The third kappa shape index (κ3) is 4.40. The molecule has 2 aromatic rings. The highest BCUT2D eigenvalue weighted by Gasteiger charge is 2.30. The fraction of sp³-hybridized carbons (Fsp3) is 0.438. The van der Waals surface area contributed by atoms with Gasteiger partial charge < -0.3 is 0 Å². The second-order valence-electron chi connectivity index (χ2n) is 5.59. The number of anilines is 1. The maximum Gasteiger partial charge on any atom is 0.244 e. The summed E-state index contributed by atoms with van der Waals surface area (Å²) < 4.78 is 37.9. The van der Waals surface area contributed by atoms with Crippen molar-refractivity contribution in [2.24, 2.45) is 0 Å². The summed E-state index contributed by atoms with van der Waals surface area (Å²) in [5.41, 5.74) is 0. The molecule has 1 aromatic heterocycles. The first kappa shape index (κ1) is 19.5. The molecule has 1 atom stereocenters. The predicted molar refractivity (Wildman–Crippen MR) is 94.9 cm³/mol. The molecule has 1 aromatic carbocycles. The topological polar surface area (TPSA) is 89.0 Å². The summed E-state index contributed by atoms with van der Waals surface area (Å²) in [7, 11) is -3.92. The van der Waals surface area contributed by atoms with E-state index in [1.54, 1.807) is 0 Å². The van der Waals surface area contributed by atoms with Crippen LogP contribution in [0.3, 0.4) is 0 Å². The van der Waals surface area contributed by atoms with Crippen molar-refractivity contribution >= 4 is 32.2 Å². The lowest BCUT2D eigenvalue weighted by molar-refractivity contribution is -0.115. The van der Waals surface area contributed by atoms with Crippen LogP contribution in [0.2, 0.25) is 0 Å². The molecule has 0 aliphatic heterocycles. The first-order valence-corrected chi connectivity index (χ1v) is 10.3. The second-order valence-corrected chi connectivity index (χ2v) is 8.87. The Morgan fingerprint density at radius 1 is 1.20 bits per heavy atom. The van der Waals surface area contributed by atoms with Gasteiger partial charge in [-0.1, -0.05) is 25.2 Å². The van der Waals surface area contributed by atoms with Gasteiger partial charge in [-0.05, 0) is 44.0 Å². The highest BCUT2D eigenvalue weighted by atomic mass is 32.2. The van der Waals surface area contributed by atoms with E-state index < -0.39 is 26.8 Å². The van der Waals surface area contributed by atoms with E-state index in [1.165, 1.54) is 18.3 Å². The van der Waals surface area contributed by atoms with Crippen molar-refractivity contribution in [1.82, 2.24) is 10.2 Å². The van der Waals surface area contributed by atoms with Crippen LogP contribution in [0.15, 0.2) is 29.2 Å². The normalized spacial score (nSPS) is 13.0. The van der Waals surface area contributed by atoms with Gasteiger partial charge in [-0.3, -0.25) is 10.1 Å². The molecule has 1 N–H and O–H groups in total. The molecule has 136 valence electrons. The number of sulfone groups is 1. The van der Waals surface area contributed by atoms with Crippen LogP contribution in [-0.4, -0.2) is 29.8 Å². The lowest BCUT2D eigenvalue weighted by Crippen LogP contribution is -2.32. The van der Waals surface area contributed by atoms with Crippen LogP contribution in [0.25, 0.3) is 0 Å². The molecule has 1 unspecified atom stereocenters. The predicted octanol–water partition coefficient (Wildman–Crippen LogP) is 3.38. The van der Waals surface area contributed by atoms with Crippen molar-refractivity contribution in [1.29, 1.82) is 0 Å². The molecule has 0 aliphatic carbocycles. The number of hydrogen-bond donors (Lipinski definition) is 1. The molecule has 6 nitrogen and oxygen atoms in total. The standard InChI is InChI=1S/C16H20FN3O3S2/c1-4-11(5-2)15-19-20-16(24-15)18-14(21)10(3)25(22,23)13-8-6-12(17)7-9-13/h6-11H,4-5H2,1-3H3,(H,18,20,21). The van der Waals surface area contributed by atoms with Crippen LogP contribution in [0.4, 0.5) is 9.52 Å². The molecule has 0 spiro atoms. The first-order valence-electron chi connectivity index (χ1n) is 7.93. The number of halogens is 1. The van der Waals surface area contributed by atoms with Crippen molar-refractivity contribution in [3.63, 3.8) is 0 Å². The monoisotopic (exact) mass is 385 g/mol. The Kier molecular flexibility index (Phi) is 6.23. The number of nitrogens with zero attached hydrogens (tertiary/aromatic N) is 2. The molecule has 9 heteroatoms. The van der Waals surface area contributed by atoms with Gasteiger partial charge in [0.15, 0.2) is 9.84 Å². The highest BCUT2D eigenvalue weighted by Crippen LogP contribution is 2.28. The molecule has 0 aliphatic rings. The van der Waals surface area contributed by atoms with Crippen molar-refractivity contribution in [2.45, 2.75) is 49.7 Å². The zero-order valence-corrected chi connectivity index (χ0v) is 15.8. The number of carbonyl (C=O) groups is 1. The average Bonchev–Trinajstić information content (AvgIpc) is 3.04. The quantitative estimate of drug-likeness (QED) is 0.738. The van der Waals surface area contributed by atoms with Gasteiger partial charge in [0.2, 0.25) is 11.0 Å². The fourth-order valence-corrected chi connectivity index (χ4v) is 4.54. The minimum atomic E-state index is -3.92. The molecule has 0 bridgehead atoms. The smallest absolute Gasteiger partial charge is 0.244 e. The van der Waals surface area contributed by atoms with E-state index in [-0.39, 0.29) is 15.9 Å². The Morgan fingerprint density at radius 3 is 2.36 bits per heavy atom. The molecule has 1 amide bonds. The van der Waals surface area contributed by atoms with E-state index in [4.69, 9.17) is 0 Å². The van der Waals surface area contributed by atoms with Crippen LogP contribution in [-0.2, 0) is 14.6 Å². The Labute approximate surface area is 150 Å². The summed E-state index contributed by atoms with van der Waals surface area (Å²) in [5, 5.41) is 10.2. The Bertz CT molecular complexity index is 831. The number of nitrogens with one attached hydrogen (secondary N) is 1. The number of hydrogen-bond acceptors (Lipinski definition) is 6. The molecule has 2 rings (SSSR count). The third-order valence-electron chi connectivity index (χ3n) is 3.98. The van der Waals surface area contributed by atoms with Gasteiger partial charge in [0.05, 0.1) is 4.90 Å². The number of amides is 1. The van der Waals surface area contributed by atoms with Gasteiger partial charge >= 0.3 is 0 Å². The van der Waals surface area contributed by atoms with E-state index in [0.29, 0.717) is 0 Å². The van der Waals surface area contributed by atoms with E-state index >= 15 is 0 Å². The average molecular weight is 385 g/mol. The van der Waals surface area contributed by atoms with E-state index in [0.717, 1.165) is 42.1 Å². The van der Waals surface area contributed by atoms with Crippen LogP contribution in [0, 0.1) is 5.82 Å². The highest BCUT2D eigenvalue weighted by molar-refractivity contribution is 7.92. The van der Waals surface area contributed by atoms with Gasteiger partial charge in [-0.25, -0.2) is 12.8 Å². The number of benzene rings is 1. The third-order valence-corrected chi connectivity index (χ3v) is 7.06. The number of carbonyl (C=O) groups excluding carboxylic acids is 1. The summed E-state index contributed by atoms with van der Waals surface area (Å²) >= 11 is 1.25. The van der Waals surface area contributed by atoms with Gasteiger partial charge in [0.1, 0.15) is 16.1 Å². The molecule has 25 heavy (non-hydrogen) atoms. The summed E-state index contributed by atoms with van der Waals surface area (Å²) in [4.78, 5) is 12.2. The lowest BCUT2D eigenvalue weighted by atomic mass is 10.1. The van der Waals surface area contributed by atoms with E-state index in [2.05, 4.69) is 15.5 Å². The van der Waals surface area contributed by atoms with Gasteiger partial charge in [-0.15, -0.1) is 10.2 Å². The Hall–Kier alpha value is -1.87. The summed E-state index contributed by atoms with van der Waals surface area (Å²) in [6.45, 7) is 5.38. The largest absolute Gasteiger partial charge is 0.299 e. The fourth-order valence-electron chi connectivity index (χ4n) is 2.26. The maximum atomic E-state index is 13.0. The first-order chi connectivity index (χ1) is 11.8. The van der Waals surface area contributed by atoms with Crippen LogP contribution >= 0.6 is 11.3 Å². The van der Waals surface area contributed by atoms with Crippen molar-refractivity contribution < 1.29 is 17.6 Å². The van der Waals surface area contributed by atoms with Crippen LogP contribution in [0.1, 0.15) is 44.5 Å². The van der Waals surface area contributed by atoms with E-state index in [1.807, 2.05) is 13.8 Å². The van der Waals surface area contributed by atoms with Crippen molar-refractivity contribution in [3.8, 4) is 0 Å². The van der Waals surface area contributed by atoms with Gasteiger partial charge in [0, 0.05) is 5.92 Å². The zero-order valence-electron chi connectivity index (χ0n) is 14.2. The number of rotatable bonds is 7. The minimum Gasteiger partial charge on any atom is -0.299 e. The lowest BCUT2D eigenvalue weighted by Gasteiger charge is -2.12. The maximum absolute atomic E-state index is 13.0.